The Labute approximate surface area is 213 Å². The molecule has 190 valence electrons. The fraction of sp³-hybridized carbons (Fsp3) is 0.333. The molecule has 2 saturated heterocycles. The smallest absolute Gasteiger partial charge is 0.416 e. The van der Waals surface area contributed by atoms with Crippen molar-refractivity contribution in [3.8, 4) is 11.1 Å². The van der Waals surface area contributed by atoms with Crippen LogP contribution in [0.2, 0.25) is 0 Å². The number of ether oxygens (including phenoxy) is 1. The molecule has 0 N–H and O–H groups in total. The molecule has 1 amide bonds. The Morgan fingerprint density at radius 2 is 1.43 bits per heavy atom. The molecule has 3 aliphatic rings. The third-order valence-corrected chi connectivity index (χ3v) is 8.13. The highest BCUT2D eigenvalue weighted by atomic mass is 19.4. The minimum atomic E-state index is -4.50. The van der Waals surface area contributed by atoms with Crippen molar-refractivity contribution in [2.45, 2.75) is 49.9 Å². The molecule has 0 spiro atoms. The van der Waals surface area contributed by atoms with Crippen LogP contribution >= 0.6 is 0 Å². The van der Waals surface area contributed by atoms with E-state index in [2.05, 4.69) is 24.3 Å². The highest BCUT2D eigenvalue weighted by molar-refractivity contribution is 5.98. The van der Waals surface area contributed by atoms with Crippen LogP contribution in [0.1, 0.15) is 58.6 Å². The second-order valence-electron chi connectivity index (χ2n) is 10.2. The monoisotopic (exact) mass is 505 g/mol. The van der Waals surface area contributed by atoms with Crippen molar-refractivity contribution in [2.75, 3.05) is 6.61 Å². The van der Waals surface area contributed by atoms with Gasteiger partial charge < -0.3 is 9.64 Å². The first kappa shape index (κ1) is 23.8. The van der Waals surface area contributed by atoms with Crippen LogP contribution in [0, 0.1) is 5.92 Å². The molecule has 0 saturated carbocycles. The molecule has 2 atom stereocenters. The van der Waals surface area contributed by atoms with Gasteiger partial charge in [-0.2, -0.15) is 13.2 Å². The molecule has 4 nitrogen and oxygen atoms in total. The third kappa shape index (κ3) is 4.20. The molecule has 2 aliphatic heterocycles. The highest BCUT2D eigenvalue weighted by Gasteiger charge is 2.46. The topological polar surface area (TPSA) is 46.6 Å². The van der Waals surface area contributed by atoms with Crippen LogP contribution in [0.5, 0.6) is 0 Å². The lowest BCUT2D eigenvalue weighted by Gasteiger charge is -2.37. The summed E-state index contributed by atoms with van der Waals surface area (Å²) in [5.74, 6) is -0.720. The van der Waals surface area contributed by atoms with Gasteiger partial charge in [0.05, 0.1) is 5.56 Å². The molecule has 7 heteroatoms. The van der Waals surface area contributed by atoms with E-state index in [0.717, 1.165) is 47.2 Å². The van der Waals surface area contributed by atoms with Gasteiger partial charge in [0.1, 0.15) is 6.61 Å². The first-order chi connectivity index (χ1) is 17.8. The Morgan fingerprint density at radius 1 is 0.838 bits per heavy atom. The summed E-state index contributed by atoms with van der Waals surface area (Å²) in [5, 5.41) is 0. The molecule has 3 aromatic carbocycles. The van der Waals surface area contributed by atoms with Crippen LogP contribution in [0.4, 0.5) is 18.0 Å². The van der Waals surface area contributed by atoms with Gasteiger partial charge in [-0.1, -0.05) is 60.7 Å². The number of alkyl halides is 3. The number of piperidine rings is 1. The minimum Gasteiger partial charge on any atom is -0.448 e. The van der Waals surface area contributed by atoms with Gasteiger partial charge in [0.25, 0.3) is 0 Å². The number of fused-ring (bicyclic) bond motifs is 5. The van der Waals surface area contributed by atoms with E-state index in [1.54, 1.807) is 4.90 Å². The maximum absolute atomic E-state index is 13.2. The maximum Gasteiger partial charge on any atom is 0.416 e. The first-order valence-electron chi connectivity index (χ1n) is 12.7. The lowest BCUT2D eigenvalue weighted by Crippen LogP contribution is -2.48. The van der Waals surface area contributed by atoms with E-state index in [1.165, 1.54) is 12.1 Å². The molecule has 6 rings (SSSR count). The highest BCUT2D eigenvalue weighted by Crippen LogP contribution is 2.45. The fourth-order valence-electron chi connectivity index (χ4n) is 6.44. The van der Waals surface area contributed by atoms with E-state index in [4.69, 9.17) is 4.74 Å². The number of benzene rings is 3. The molecular formula is C30H26F3NO3. The van der Waals surface area contributed by atoms with E-state index in [0.29, 0.717) is 12.8 Å². The Morgan fingerprint density at radius 3 is 2.03 bits per heavy atom. The lowest BCUT2D eigenvalue weighted by atomic mass is 9.84. The second-order valence-corrected chi connectivity index (χ2v) is 10.2. The summed E-state index contributed by atoms with van der Waals surface area (Å²) in [6.45, 7) is 0.232. The number of ketones is 1. The molecule has 2 bridgehead atoms. The lowest BCUT2D eigenvalue weighted by molar-refractivity contribution is -0.137. The average Bonchev–Trinajstić information content (AvgIpc) is 3.37. The van der Waals surface area contributed by atoms with E-state index in [1.807, 2.05) is 24.3 Å². The molecule has 0 aromatic heterocycles. The van der Waals surface area contributed by atoms with Crippen LogP contribution < -0.4 is 0 Å². The molecule has 3 aromatic rings. The molecule has 0 radical (unpaired) electrons. The largest absolute Gasteiger partial charge is 0.448 e. The number of carbonyl (C=O) groups excluding carboxylic acids is 2. The van der Waals surface area contributed by atoms with Crippen molar-refractivity contribution in [3.05, 3.63) is 95.1 Å². The third-order valence-electron chi connectivity index (χ3n) is 8.13. The number of carbonyl (C=O) groups is 2. The zero-order chi connectivity index (χ0) is 25.7. The zero-order valence-electron chi connectivity index (χ0n) is 20.1. The Balaban J connectivity index is 1.14. The molecule has 37 heavy (non-hydrogen) atoms. The maximum atomic E-state index is 13.2. The minimum absolute atomic E-state index is 0.0333. The number of halogens is 3. The van der Waals surface area contributed by atoms with Crippen molar-refractivity contribution in [1.29, 1.82) is 0 Å². The van der Waals surface area contributed by atoms with Crippen LogP contribution in [-0.4, -0.2) is 35.5 Å². The summed E-state index contributed by atoms with van der Waals surface area (Å²) in [7, 11) is 0. The van der Waals surface area contributed by atoms with Crippen molar-refractivity contribution in [1.82, 2.24) is 4.90 Å². The summed E-state index contributed by atoms with van der Waals surface area (Å²) in [6, 6.07) is 20.6. The predicted octanol–water partition coefficient (Wildman–Crippen LogP) is 7.08. The van der Waals surface area contributed by atoms with Gasteiger partial charge in [-0.3, -0.25) is 4.79 Å². The van der Waals surface area contributed by atoms with Crippen molar-refractivity contribution < 1.29 is 27.5 Å². The number of Topliss-reactive ketones (excluding diaryl/α,β-unsaturated/α-hetero) is 1. The van der Waals surface area contributed by atoms with Crippen LogP contribution in [-0.2, 0) is 10.9 Å². The second kappa shape index (κ2) is 9.05. The summed E-state index contributed by atoms with van der Waals surface area (Å²) in [4.78, 5) is 28.1. The normalized spacial score (nSPS) is 22.5. The number of amides is 1. The zero-order valence-corrected chi connectivity index (χ0v) is 20.1. The van der Waals surface area contributed by atoms with Crippen LogP contribution in [0.15, 0.2) is 72.8 Å². The van der Waals surface area contributed by atoms with Gasteiger partial charge in [0.15, 0.2) is 5.78 Å². The predicted molar refractivity (Wildman–Crippen MR) is 132 cm³/mol. The molecule has 2 heterocycles. The van der Waals surface area contributed by atoms with E-state index < -0.39 is 17.7 Å². The number of rotatable bonds is 4. The van der Waals surface area contributed by atoms with E-state index in [9.17, 15) is 22.8 Å². The van der Waals surface area contributed by atoms with Gasteiger partial charge in [0, 0.05) is 29.5 Å². The SMILES string of the molecule is O=C(c1cccc(C(F)(F)F)c1)C1CC2CCC(C1)N2C(=O)OCC1c2ccccc2-c2ccccc21. The summed E-state index contributed by atoms with van der Waals surface area (Å²) < 4.78 is 45.3. The van der Waals surface area contributed by atoms with Crippen molar-refractivity contribution in [2.24, 2.45) is 5.92 Å². The van der Waals surface area contributed by atoms with Gasteiger partial charge in [0.2, 0.25) is 0 Å². The molecular weight excluding hydrogens is 479 g/mol. The molecule has 2 unspecified atom stereocenters. The average molecular weight is 506 g/mol. The Hall–Kier alpha value is -3.61. The number of hydrogen-bond donors (Lipinski definition) is 0. The van der Waals surface area contributed by atoms with E-state index in [-0.39, 0.29) is 42.0 Å². The molecule has 1 aliphatic carbocycles. The fourth-order valence-corrected chi connectivity index (χ4v) is 6.44. The quantitative estimate of drug-likeness (QED) is 0.356. The van der Waals surface area contributed by atoms with E-state index >= 15 is 0 Å². The van der Waals surface area contributed by atoms with Crippen molar-refractivity contribution in [3.63, 3.8) is 0 Å². The van der Waals surface area contributed by atoms with Gasteiger partial charge in [-0.25, -0.2) is 4.79 Å². The van der Waals surface area contributed by atoms with Crippen molar-refractivity contribution >= 4 is 11.9 Å². The molecule has 2 fully saturated rings. The van der Waals surface area contributed by atoms with Gasteiger partial charge >= 0.3 is 12.3 Å². The standard InChI is InChI=1S/C30H26F3NO3/c31-30(32,33)20-7-5-6-18(14-20)28(35)19-15-21-12-13-22(16-19)34(21)29(36)37-17-27-25-10-3-1-8-23(25)24-9-2-4-11-26(24)27/h1-11,14,19,21-22,27H,12-13,15-17H2. The van der Waals surface area contributed by atoms with Crippen LogP contribution in [0.25, 0.3) is 11.1 Å². The van der Waals surface area contributed by atoms with Crippen LogP contribution in [0.3, 0.4) is 0 Å². The number of nitrogens with zero attached hydrogens (tertiary/aromatic N) is 1. The Kier molecular flexibility index (Phi) is 5.81. The van der Waals surface area contributed by atoms with Gasteiger partial charge in [-0.15, -0.1) is 0 Å². The summed E-state index contributed by atoms with van der Waals surface area (Å²) in [6.07, 6.45) is -2.46. The number of hydrogen-bond acceptors (Lipinski definition) is 3. The summed E-state index contributed by atoms with van der Waals surface area (Å²) in [5.41, 5.74) is 3.86. The van der Waals surface area contributed by atoms with Gasteiger partial charge in [-0.05, 0) is 60.1 Å². The summed E-state index contributed by atoms with van der Waals surface area (Å²) >= 11 is 0. The Bertz CT molecular complexity index is 1310. The first-order valence-corrected chi connectivity index (χ1v) is 12.7.